The molecule has 1 aliphatic heterocycles. The van der Waals surface area contributed by atoms with E-state index >= 15 is 0 Å². The molecule has 1 atom stereocenters. The normalized spacial score (nSPS) is 15.5. The molecule has 1 saturated heterocycles. The van der Waals surface area contributed by atoms with Crippen molar-refractivity contribution in [3.05, 3.63) is 66.2 Å². The molecule has 3 rings (SSSR count). The van der Waals surface area contributed by atoms with Crippen LogP contribution in [-0.4, -0.2) is 36.7 Å². The lowest BCUT2D eigenvalue weighted by Crippen LogP contribution is -2.40. The van der Waals surface area contributed by atoms with E-state index in [4.69, 9.17) is 4.74 Å². The fourth-order valence-corrected chi connectivity index (χ4v) is 3.27. The molecule has 0 aromatic heterocycles. The standard InChI is InChI=1S/C21H26N2O2.ClH/c24-21(22-19-12-6-2-7-13-19)25-20(16-18-10-4-1-5-11-18)17-23-14-8-3-9-15-23;/h1-2,4-7,10-13,20H,3,8-9,14-17H2,(H,22,24);1H. The monoisotopic (exact) mass is 374 g/mol. The second-order valence-corrected chi connectivity index (χ2v) is 6.57. The van der Waals surface area contributed by atoms with E-state index in [0.717, 1.165) is 31.7 Å². The molecule has 5 heteroatoms. The summed E-state index contributed by atoms with van der Waals surface area (Å²) in [7, 11) is 0. The summed E-state index contributed by atoms with van der Waals surface area (Å²) in [4.78, 5) is 14.7. The molecule has 1 unspecified atom stereocenters. The minimum Gasteiger partial charge on any atom is -0.444 e. The first kappa shape index (κ1) is 20.3. The summed E-state index contributed by atoms with van der Waals surface area (Å²) in [5, 5.41) is 2.82. The fraction of sp³-hybridized carbons (Fsp3) is 0.381. The van der Waals surface area contributed by atoms with Crippen LogP contribution in [0.15, 0.2) is 60.7 Å². The molecule has 2 aromatic rings. The summed E-state index contributed by atoms with van der Waals surface area (Å²) < 4.78 is 5.77. The van der Waals surface area contributed by atoms with Crippen LogP contribution in [0.5, 0.6) is 0 Å². The SMILES string of the molecule is Cl.O=C(Nc1ccccc1)OC(Cc1ccccc1)CN1CCCCC1. The van der Waals surface area contributed by atoms with E-state index in [1.807, 2.05) is 48.5 Å². The lowest BCUT2D eigenvalue weighted by Gasteiger charge is -2.30. The minimum absolute atomic E-state index is 0. The van der Waals surface area contributed by atoms with Gasteiger partial charge in [-0.15, -0.1) is 12.4 Å². The number of carbonyl (C=O) groups is 1. The Morgan fingerprint density at radius 2 is 1.58 bits per heavy atom. The molecular weight excluding hydrogens is 348 g/mol. The van der Waals surface area contributed by atoms with E-state index < -0.39 is 0 Å². The lowest BCUT2D eigenvalue weighted by molar-refractivity contribution is 0.0734. The Kier molecular flexibility index (Phi) is 8.45. The Morgan fingerprint density at radius 1 is 0.962 bits per heavy atom. The molecule has 4 nitrogen and oxygen atoms in total. The molecule has 0 saturated carbocycles. The highest BCUT2D eigenvalue weighted by molar-refractivity contribution is 5.85. The van der Waals surface area contributed by atoms with E-state index in [0.29, 0.717) is 0 Å². The smallest absolute Gasteiger partial charge is 0.411 e. The van der Waals surface area contributed by atoms with Crippen LogP contribution in [0.3, 0.4) is 0 Å². The van der Waals surface area contributed by atoms with Gasteiger partial charge < -0.3 is 4.74 Å². The van der Waals surface area contributed by atoms with Crippen molar-refractivity contribution in [2.45, 2.75) is 31.8 Å². The number of rotatable bonds is 6. The largest absolute Gasteiger partial charge is 0.444 e. The summed E-state index contributed by atoms with van der Waals surface area (Å²) >= 11 is 0. The number of para-hydroxylation sites is 1. The molecule has 0 spiro atoms. The van der Waals surface area contributed by atoms with Crippen molar-refractivity contribution in [2.75, 3.05) is 25.0 Å². The van der Waals surface area contributed by atoms with Crippen LogP contribution in [-0.2, 0) is 11.2 Å². The van der Waals surface area contributed by atoms with Crippen LogP contribution in [0.25, 0.3) is 0 Å². The first-order valence-corrected chi connectivity index (χ1v) is 9.08. The van der Waals surface area contributed by atoms with Gasteiger partial charge in [-0.2, -0.15) is 0 Å². The average molecular weight is 375 g/mol. The van der Waals surface area contributed by atoms with E-state index in [-0.39, 0.29) is 24.6 Å². The van der Waals surface area contributed by atoms with Gasteiger partial charge in [-0.1, -0.05) is 55.0 Å². The first-order chi connectivity index (χ1) is 12.3. The number of hydrogen-bond acceptors (Lipinski definition) is 3. The van der Waals surface area contributed by atoms with Gasteiger partial charge in [-0.25, -0.2) is 4.79 Å². The zero-order valence-electron chi connectivity index (χ0n) is 15.0. The zero-order chi connectivity index (χ0) is 17.3. The van der Waals surface area contributed by atoms with E-state index in [2.05, 4.69) is 22.3 Å². The van der Waals surface area contributed by atoms with Crippen molar-refractivity contribution in [2.24, 2.45) is 0 Å². The van der Waals surface area contributed by atoms with Crippen molar-refractivity contribution < 1.29 is 9.53 Å². The maximum Gasteiger partial charge on any atom is 0.411 e. The highest BCUT2D eigenvalue weighted by Crippen LogP contribution is 2.14. The molecule has 1 aliphatic rings. The predicted molar refractivity (Wildman–Crippen MR) is 108 cm³/mol. The van der Waals surface area contributed by atoms with Crippen molar-refractivity contribution in [1.82, 2.24) is 4.90 Å². The molecular formula is C21H27ClN2O2. The molecule has 140 valence electrons. The van der Waals surface area contributed by atoms with Crippen molar-refractivity contribution in [1.29, 1.82) is 0 Å². The number of piperidine rings is 1. The molecule has 1 heterocycles. The number of amides is 1. The van der Waals surface area contributed by atoms with Crippen LogP contribution in [0.2, 0.25) is 0 Å². The molecule has 1 fully saturated rings. The van der Waals surface area contributed by atoms with E-state index in [9.17, 15) is 4.79 Å². The van der Waals surface area contributed by atoms with Crippen molar-refractivity contribution in [3.63, 3.8) is 0 Å². The summed E-state index contributed by atoms with van der Waals surface area (Å²) in [6, 6.07) is 19.7. The minimum atomic E-state index is -0.385. The third kappa shape index (κ3) is 6.70. The number of likely N-dealkylation sites (tertiary alicyclic amines) is 1. The number of benzene rings is 2. The summed E-state index contributed by atoms with van der Waals surface area (Å²) in [6.45, 7) is 2.97. The first-order valence-electron chi connectivity index (χ1n) is 9.08. The van der Waals surface area contributed by atoms with Crippen LogP contribution >= 0.6 is 12.4 Å². The molecule has 2 aromatic carbocycles. The summed E-state index contributed by atoms with van der Waals surface area (Å²) in [5.74, 6) is 0. The Balaban J connectivity index is 0.00000243. The number of ether oxygens (including phenoxy) is 1. The van der Waals surface area contributed by atoms with Gasteiger partial charge in [0.15, 0.2) is 0 Å². The Morgan fingerprint density at radius 3 is 2.23 bits per heavy atom. The summed E-state index contributed by atoms with van der Waals surface area (Å²) in [6.07, 6.45) is 3.96. The second kappa shape index (κ2) is 10.8. The average Bonchev–Trinajstić information content (AvgIpc) is 2.64. The Labute approximate surface area is 162 Å². The number of halogens is 1. The fourth-order valence-electron chi connectivity index (χ4n) is 3.27. The van der Waals surface area contributed by atoms with Gasteiger partial charge in [-0.3, -0.25) is 10.2 Å². The van der Waals surface area contributed by atoms with Crippen molar-refractivity contribution in [3.8, 4) is 0 Å². The van der Waals surface area contributed by atoms with Crippen LogP contribution in [0.4, 0.5) is 10.5 Å². The molecule has 1 N–H and O–H groups in total. The lowest BCUT2D eigenvalue weighted by atomic mass is 10.1. The zero-order valence-corrected chi connectivity index (χ0v) is 15.8. The second-order valence-electron chi connectivity index (χ2n) is 6.57. The Hall–Kier alpha value is -2.04. The van der Waals surface area contributed by atoms with Crippen LogP contribution in [0.1, 0.15) is 24.8 Å². The maximum absolute atomic E-state index is 12.3. The van der Waals surface area contributed by atoms with Crippen molar-refractivity contribution >= 4 is 24.2 Å². The highest BCUT2D eigenvalue weighted by atomic mass is 35.5. The van der Waals surface area contributed by atoms with Crippen LogP contribution < -0.4 is 5.32 Å². The number of nitrogens with zero attached hydrogens (tertiary/aromatic N) is 1. The Bertz CT molecular complexity index is 646. The van der Waals surface area contributed by atoms with E-state index in [1.165, 1.54) is 24.8 Å². The van der Waals surface area contributed by atoms with Gasteiger partial charge >= 0.3 is 6.09 Å². The summed E-state index contributed by atoms with van der Waals surface area (Å²) in [5.41, 5.74) is 1.95. The number of nitrogens with one attached hydrogen (secondary N) is 1. The molecule has 26 heavy (non-hydrogen) atoms. The quantitative estimate of drug-likeness (QED) is 0.792. The topological polar surface area (TPSA) is 41.6 Å². The third-order valence-electron chi connectivity index (χ3n) is 4.51. The predicted octanol–water partition coefficient (Wildman–Crippen LogP) is 4.75. The van der Waals surface area contributed by atoms with E-state index in [1.54, 1.807) is 0 Å². The molecule has 0 bridgehead atoms. The highest BCUT2D eigenvalue weighted by Gasteiger charge is 2.20. The van der Waals surface area contributed by atoms with Gasteiger partial charge in [0.2, 0.25) is 0 Å². The van der Waals surface area contributed by atoms with Gasteiger partial charge in [-0.05, 0) is 43.6 Å². The number of carbonyl (C=O) groups excluding carboxylic acids is 1. The number of hydrogen-bond donors (Lipinski definition) is 1. The molecule has 0 radical (unpaired) electrons. The number of anilines is 1. The van der Waals surface area contributed by atoms with Gasteiger partial charge in [0, 0.05) is 18.7 Å². The maximum atomic E-state index is 12.3. The van der Waals surface area contributed by atoms with Crippen LogP contribution in [0, 0.1) is 0 Å². The molecule has 1 amide bonds. The van der Waals surface area contributed by atoms with Gasteiger partial charge in [0.1, 0.15) is 6.10 Å². The van der Waals surface area contributed by atoms with Gasteiger partial charge in [0.25, 0.3) is 0 Å². The molecule has 0 aliphatic carbocycles. The third-order valence-corrected chi connectivity index (χ3v) is 4.51. The van der Waals surface area contributed by atoms with Gasteiger partial charge in [0.05, 0.1) is 0 Å².